The van der Waals surface area contributed by atoms with Crippen LogP contribution in [0.1, 0.15) is 0 Å². The molecule has 11 aromatic rings. The lowest BCUT2D eigenvalue weighted by atomic mass is 9.90. The molecule has 55 heavy (non-hydrogen) atoms. The van der Waals surface area contributed by atoms with Gasteiger partial charge in [0.2, 0.25) is 0 Å². The summed E-state index contributed by atoms with van der Waals surface area (Å²) in [7, 11) is 0. The molecule has 3 nitrogen and oxygen atoms in total. The molecular weight excluding hydrogens is 667 g/mol. The van der Waals surface area contributed by atoms with Gasteiger partial charge in [0, 0.05) is 43.9 Å². The smallest absolute Gasteiger partial charge is 0.161 e. The minimum absolute atomic E-state index is 0.706. The number of hydrogen-bond donors (Lipinski definition) is 0. The zero-order chi connectivity index (χ0) is 36.3. The van der Waals surface area contributed by atoms with Crippen LogP contribution < -0.4 is 0 Å². The predicted molar refractivity (Wildman–Crippen MR) is 231 cm³/mol. The summed E-state index contributed by atoms with van der Waals surface area (Å²) in [4.78, 5) is 10.7. The van der Waals surface area contributed by atoms with Gasteiger partial charge in [0.1, 0.15) is 0 Å². The molecule has 0 unspecified atom stereocenters. The van der Waals surface area contributed by atoms with Crippen LogP contribution in [0.2, 0.25) is 0 Å². The first-order valence-electron chi connectivity index (χ1n) is 18.8. The van der Waals surface area contributed by atoms with Gasteiger partial charge in [0.15, 0.2) is 5.82 Å². The van der Waals surface area contributed by atoms with E-state index < -0.39 is 0 Å². The van der Waals surface area contributed by atoms with Crippen molar-refractivity contribution in [1.82, 2.24) is 14.5 Å². The molecule has 3 heteroatoms. The van der Waals surface area contributed by atoms with E-state index in [9.17, 15) is 0 Å². The van der Waals surface area contributed by atoms with Crippen molar-refractivity contribution in [2.45, 2.75) is 0 Å². The Bertz CT molecular complexity index is 3220. The molecule has 0 amide bonds. The van der Waals surface area contributed by atoms with Crippen molar-refractivity contribution in [3.05, 3.63) is 200 Å². The fourth-order valence-corrected chi connectivity index (χ4v) is 8.50. The molecule has 11 rings (SSSR count). The van der Waals surface area contributed by atoms with E-state index in [1.54, 1.807) is 0 Å². The number of hydrogen-bond acceptors (Lipinski definition) is 2. The molecule has 0 saturated carbocycles. The molecule has 256 valence electrons. The first kappa shape index (κ1) is 31.2. The zero-order valence-corrected chi connectivity index (χ0v) is 29.9. The minimum atomic E-state index is 0.706. The maximum Gasteiger partial charge on any atom is 0.161 e. The van der Waals surface area contributed by atoms with Crippen LogP contribution in [0.5, 0.6) is 0 Å². The summed E-state index contributed by atoms with van der Waals surface area (Å²) in [6.07, 6.45) is 0. The Morgan fingerprint density at radius 3 is 1.51 bits per heavy atom. The van der Waals surface area contributed by atoms with Gasteiger partial charge in [-0.3, -0.25) is 0 Å². The number of para-hydroxylation sites is 2. The molecule has 0 radical (unpaired) electrons. The van der Waals surface area contributed by atoms with Crippen LogP contribution in [0.3, 0.4) is 0 Å². The normalized spacial score (nSPS) is 11.6. The van der Waals surface area contributed by atoms with Crippen LogP contribution in [0, 0.1) is 0 Å². The third-order valence-corrected chi connectivity index (χ3v) is 11.0. The molecule has 0 aliphatic rings. The van der Waals surface area contributed by atoms with Crippen molar-refractivity contribution in [2.75, 3.05) is 0 Å². The van der Waals surface area contributed by atoms with Gasteiger partial charge in [-0.25, -0.2) is 9.97 Å². The van der Waals surface area contributed by atoms with Gasteiger partial charge in [0.25, 0.3) is 0 Å². The van der Waals surface area contributed by atoms with Gasteiger partial charge >= 0.3 is 0 Å². The number of nitrogens with zero attached hydrogens (tertiary/aromatic N) is 3. The summed E-state index contributed by atoms with van der Waals surface area (Å²) < 4.78 is 2.44. The Labute approximate surface area is 318 Å². The van der Waals surface area contributed by atoms with E-state index in [1.807, 2.05) is 6.07 Å². The first-order chi connectivity index (χ1) is 27.3. The molecular formula is C52H33N3. The summed E-state index contributed by atoms with van der Waals surface area (Å²) in [5.41, 5.74) is 10.8. The van der Waals surface area contributed by atoms with Crippen LogP contribution in [-0.4, -0.2) is 14.5 Å². The number of rotatable bonds is 5. The molecule has 2 heterocycles. The number of fused-ring (bicyclic) bond motifs is 10. The molecule has 0 saturated heterocycles. The number of aromatic nitrogens is 3. The molecule has 9 aromatic carbocycles. The van der Waals surface area contributed by atoms with E-state index in [4.69, 9.17) is 9.97 Å². The van der Waals surface area contributed by atoms with Crippen LogP contribution >= 0.6 is 0 Å². The van der Waals surface area contributed by atoms with Crippen molar-refractivity contribution in [3.8, 4) is 50.7 Å². The van der Waals surface area contributed by atoms with Crippen LogP contribution in [-0.2, 0) is 0 Å². The van der Waals surface area contributed by atoms with E-state index in [2.05, 4.69) is 199 Å². The standard InChI is InChI=1S/C52H33N3/c1-4-16-34(17-5-1)35-28-30-37(31-29-35)47-33-46(36-18-6-2-7-19-36)53-52(54-47)45-32-44-40-23-11-13-25-42(40)51-50(49(44)41-24-12-10-22-39(41)45)43-26-14-15-27-48(43)55(51)38-20-8-3-9-21-38/h1-33H. The summed E-state index contributed by atoms with van der Waals surface area (Å²) in [6.45, 7) is 0. The van der Waals surface area contributed by atoms with Gasteiger partial charge in [-0.15, -0.1) is 0 Å². The average molecular weight is 700 g/mol. The van der Waals surface area contributed by atoms with Crippen molar-refractivity contribution >= 4 is 54.1 Å². The highest BCUT2D eigenvalue weighted by Gasteiger charge is 2.22. The maximum absolute atomic E-state index is 5.38. The second-order valence-corrected chi connectivity index (χ2v) is 14.1. The first-order valence-corrected chi connectivity index (χ1v) is 18.8. The Hall–Kier alpha value is -7.36. The summed E-state index contributed by atoms with van der Waals surface area (Å²) in [5.74, 6) is 0.706. The molecule has 0 bridgehead atoms. The van der Waals surface area contributed by atoms with Crippen molar-refractivity contribution < 1.29 is 0 Å². The fraction of sp³-hybridized carbons (Fsp3) is 0. The monoisotopic (exact) mass is 699 g/mol. The third kappa shape index (κ3) is 5.05. The Kier molecular flexibility index (Phi) is 7.17. The van der Waals surface area contributed by atoms with Gasteiger partial charge in [-0.1, -0.05) is 170 Å². The lowest BCUT2D eigenvalue weighted by Gasteiger charge is -2.16. The maximum atomic E-state index is 5.38. The van der Waals surface area contributed by atoms with Crippen molar-refractivity contribution in [2.24, 2.45) is 0 Å². The predicted octanol–water partition coefficient (Wildman–Crippen LogP) is 13.7. The lowest BCUT2D eigenvalue weighted by molar-refractivity contribution is 1.19. The van der Waals surface area contributed by atoms with Crippen molar-refractivity contribution in [3.63, 3.8) is 0 Å². The SMILES string of the molecule is c1ccc(-c2ccc(-c3cc(-c4ccccc4)nc(-c4cc5c6ccccc6c6c(c7ccccc7n6-c6ccccc6)c5c5ccccc45)n3)cc2)cc1. The second kappa shape index (κ2) is 12.6. The average Bonchev–Trinajstić information content (AvgIpc) is 3.62. The summed E-state index contributed by atoms with van der Waals surface area (Å²) in [5, 5.41) is 9.65. The van der Waals surface area contributed by atoms with E-state index >= 15 is 0 Å². The molecule has 2 aromatic heterocycles. The van der Waals surface area contributed by atoms with Gasteiger partial charge < -0.3 is 4.57 Å². The molecule has 0 aliphatic carbocycles. The van der Waals surface area contributed by atoms with Crippen LogP contribution in [0.4, 0.5) is 0 Å². The van der Waals surface area contributed by atoms with E-state index in [1.165, 1.54) is 59.9 Å². The Balaban J connectivity index is 1.23. The van der Waals surface area contributed by atoms with Gasteiger partial charge in [-0.2, -0.15) is 0 Å². The minimum Gasteiger partial charge on any atom is -0.309 e. The molecule has 0 atom stereocenters. The molecule has 0 fully saturated rings. The van der Waals surface area contributed by atoms with E-state index in [0.717, 1.165) is 39.2 Å². The second-order valence-electron chi connectivity index (χ2n) is 14.1. The Morgan fingerprint density at radius 2 is 0.818 bits per heavy atom. The largest absolute Gasteiger partial charge is 0.309 e. The van der Waals surface area contributed by atoms with E-state index in [0.29, 0.717) is 5.82 Å². The summed E-state index contributed by atoms with van der Waals surface area (Å²) in [6, 6.07) is 71.3. The van der Waals surface area contributed by atoms with Crippen LogP contribution in [0.25, 0.3) is 105 Å². The molecule has 0 N–H and O–H groups in total. The fourth-order valence-electron chi connectivity index (χ4n) is 8.50. The quantitative estimate of drug-likeness (QED) is 0.167. The van der Waals surface area contributed by atoms with Gasteiger partial charge in [0.05, 0.1) is 22.4 Å². The van der Waals surface area contributed by atoms with Crippen LogP contribution in [0.15, 0.2) is 200 Å². The topological polar surface area (TPSA) is 30.7 Å². The van der Waals surface area contributed by atoms with E-state index in [-0.39, 0.29) is 0 Å². The van der Waals surface area contributed by atoms with Gasteiger partial charge in [-0.05, 0) is 63.0 Å². The summed E-state index contributed by atoms with van der Waals surface area (Å²) >= 11 is 0. The zero-order valence-electron chi connectivity index (χ0n) is 29.9. The lowest BCUT2D eigenvalue weighted by Crippen LogP contribution is -1.98. The third-order valence-electron chi connectivity index (χ3n) is 11.0. The molecule has 0 aliphatic heterocycles. The highest BCUT2D eigenvalue weighted by molar-refractivity contribution is 6.37. The number of benzene rings is 9. The Morgan fingerprint density at radius 1 is 0.327 bits per heavy atom. The molecule has 0 spiro atoms. The highest BCUT2D eigenvalue weighted by Crippen LogP contribution is 2.46. The van der Waals surface area contributed by atoms with Crippen molar-refractivity contribution in [1.29, 1.82) is 0 Å². The highest BCUT2D eigenvalue weighted by atomic mass is 15.0.